The highest BCUT2D eigenvalue weighted by molar-refractivity contribution is 5.85. The van der Waals surface area contributed by atoms with Crippen molar-refractivity contribution < 1.29 is 5.11 Å². The second-order valence-corrected chi connectivity index (χ2v) is 2.82. The second-order valence-electron chi connectivity index (χ2n) is 2.82. The molecule has 0 radical (unpaired) electrons. The van der Waals surface area contributed by atoms with Gasteiger partial charge in [0.25, 0.3) is 0 Å². The highest BCUT2D eigenvalue weighted by Crippen LogP contribution is 1.95. The largest absolute Gasteiger partial charge is 0.395 e. The van der Waals surface area contributed by atoms with Crippen LogP contribution < -0.4 is 5.32 Å². The topological polar surface area (TPSA) is 45.1 Å². The minimum atomic E-state index is 0. The van der Waals surface area contributed by atoms with Crippen LogP contribution in [-0.2, 0) is 6.54 Å². The summed E-state index contributed by atoms with van der Waals surface area (Å²) in [6.45, 7) is 2.90. The van der Waals surface area contributed by atoms with Crippen molar-refractivity contribution in [2.75, 3.05) is 6.61 Å². The molecule has 2 N–H and O–H groups in total. The normalized spacial score (nSPS) is 11.0. The standard InChI is InChI=1S/C9H14N2O.2ClH/c1-8(7-12)11-6-9-2-4-10-5-3-9;;/h2-5,8,11-12H,6-7H2,1H3;2*1H. The molecule has 5 heteroatoms. The molecule has 3 nitrogen and oxygen atoms in total. The summed E-state index contributed by atoms with van der Waals surface area (Å²) in [6.07, 6.45) is 3.53. The van der Waals surface area contributed by atoms with Crippen LogP contribution in [0.5, 0.6) is 0 Å². The van der Waals surface area contributed by atoms with Gasteiger partial charge in [0.05, 0.1) is 6.61 Å². The fraction of sp³-hybridized carbons (Fsp3) is 0.444. The molecule has 0 aliphatic carbocycles. The molecule has 0 aliphatic rings. The van der Waals surface area contributed by atoms with Crippen molar-refractivity contribution in [1.29, 1.82) is 0 Å². The summed E-state index contributed by atoms with van der Waals surface area (Å²) in [6, 6.07) is 4.06. The van der Waals surface area contributed by atoms with Crippen molar-refractivity contribution in [3.8, 4) is 0 Å². The van der Waals surface area contributed by atoms with E-state index in [1.807, 2.05) is 19.1 Å². The van der Waals surface area contributed by atoms with E-state index < -0.39 is 0 Å². The molecule has 1 aromatic rings. The Morgan fingerprint density at radius 2 is 1.93 bits per heavy atom. The fourth-order valence-corrected chi connectivity index (χ4v) is 0.857. The maximum Gasteiger partial charge on any atom is 0.0582 e. The van der Waals surface area contributed by atoms with Crippen molar-refractivity contribution in [1.82, 2.24) is 10.3 Å². The number of aromatic nitrogens is 1. The van der Waals surface area contributed by atoms with Crippen LogP contribution in [-0.4, -0.2) is 22.7 Å². The Kier molecular flexibility index (Phi) is 10.6. The smallest absolute Gasteiger partial charge is 0.0582 e. The van der Waals surface area contributed by atoms with Crippen LogP contribution in [0.4, 0.5) is 0 Å². The van der Waals surface area contributed by atoms with E-state index in [1.165, 1.54) is 5.56 Å². The number of nitrogens with one attached hydrogen (secondary N) is 1. The zero-order chi connectivity index (χ0) is 8.81. The van der Waals surface area contributed by atoms with Crippen molar-refractivity contribution in [3.63, 3.8) is 0 Å². The monoisotopic (exact) mass is 238 g/mol. The Bertz CT molecular complexity index is 221. The van der Waals surface area contributed by atoms with Crippen molar-refractivity contribution >= 4 is 24.8 Å². The van der Waals surface area contributed by atoms with Gasteiger partial charge in [-0.15, -0.1) is 24.8 Å². The van der Waals surface area contributed by atoms with Crippen molar-refractivity contribution in [2.45, 2.75) is 19.5 Å². The van der Waals surface area contributed by atoms with Gasteiger partial charge in [0.2, 0.25) is 0 Å². The van der Waals surface area contributed by atoms with Gasteiger partial charge in [0.1, 0.15) is 0 Å². The van der Waals surface area contributed by atoms with Gasteiger partial charge in [-0.05, 0) is 24.6 Å². The minimum Gasteiger partial charge on any atom is -0.395 e. The third-order valence-electron chi connectivity index (χ3n) is 1.68. The number of hydrogen-bond acceptors (Lipinski definition) is 3. The maximum absolute atomic E-state index is 8.74. The molecule has 1 rings (SSSR count). The molecule has 0 fully saturated rings. The summed E-state index contributed by atoms with van der Waals surface area (Å²) in [5.41, 5.74) is 1.19. The Balaban J connectivity index is 0. The summed E-state index contributed by atoms with van der Waals surface area (Å²) in [5.74, 6) is 0. The Morgan fingerprint density at radius 3 is 2.43 bits per heavy atom. The van der Waals surface area contributed by atoms with Crippen LogP contribution in [0.2, 0.25) is 0 Å². The molecular formula is C9H16Cl2N2O. The third kappa shape index (κ3) is 6.16. The summed E-state index contributed by atoms with van der Waals surface area (Å²) < 4.78 is 0. The van der Waals surface area contributed by atoms with E-state index in [2.05, 4.69) is 10.3 Å². The number of halogens is 2. The molecule has 0 bridgehead atoms. The van der Waals surface area contributed by atoms with Crippen molar-refractivity contribution in [2.24, 2.45) is 0 Å². The van der Waals surface area contributed by atoms with E-state index in [0.29, 0.717) is 0 Å². The third-order valence-corrected chi connectivity index (χ3v) is 1.68. The predicted octanol–water partition coefficient (Wildman–Crippen LogP) is 1.40. The quantitative estimate of drug-likeness (QED) is 0.834. The molecule has 0 amide bonds. The van der Waals surface area contributed by atoms with Gasteiger partial charge in [0.15, 0.2) is 0 Å². The molecule has 1 heterocycles. The zero-order valence-corrected chi connectivity index (χ0v) is 9.64. The SMILES string of the molecule is CC(CO)NCc1ccncc1.Cl.Cl. The van der Waals surface area contributed by atoms with Gasteiger partial charge >= 0.3 is 0 Å². The molecule has 0 saturated heterocycles. The minimum absolute atomic E-state index is 0. The first-order chi connectivity index (χ1) is 5.83. The number of aliphatic hydroxyl groups excluding tert-OH is 1. The number of pyridine rings is 1. The highest BCUT2D eigenvalue weighted by Gasteiger charge is 1.97. The van der Waals surface area contributed by atoms with Gasteiger partial charge in [-0.3, -0.25) is 4.98 Å². The first-order valence-electron chi connectivity index (χ1n) is 4.06. The molecule has 1 atom stereocenters. The highest BCUT2D eigenvalue weighted by atomic mass is 35.5. The number of nitrogens with zero attached hydrogens (tertiary/aromatic N) is 1. The average molecular weight is 239 g/mol. The van der Waals surface area contributed by atoms with Gasteiger partial charge in [0, 0.05) is 25.0 Å². The lowest BCUT2D eigenvalue weighted by Gasteiger charge is -2.09. The van der Waals surface area contributed by atoms with Crippen LogP contribution in [0.25, 0.3) is 0 Å². The number of rotatable bonds is 4. The molecule has 1 unspecified atom stereocenters. The Morgan fingerprint density at radius 1 is 1.36 bits per heavy atom. The first-order valence-corrected chi connectivity index (χ1v) is 4.06. The fourth-order valence-electron chi connectivity index (χ4n) is 0.857. The molecule has 14 heavy (non-hydrogen) atoms. The van der Waals surface area contributed by atoms with Crippen molar-refractivity contribution in [3.05, 3.63) is 30.1 Å². The molecule has 1 aromatic heterocycles. The maximum atomic E-state index is 8.74. The summed E-state index contributed by atoms with van der Waals surface area (Å²) in [7, 11) is 0. The lowest BCUT2D eigenvalue weighted by molar-refractivity contribution is 0.251. The molecule has 0 saturated carbocycles. The zero-order valence-electron chi connectivity index (χ0n) is 8.01. The number of hydrogen-bond donors (Lipinski definition) is 2. The van der Waals surface area contributed by atoms with E-state index in [-0.39, 0.29) is 37.5 Å². The van der Waals surface area contributed by atoms with Gasteiger partial charge in [-0.25, -0.2) is 0 Å². The van der Waals surface area contributed by atoms with E-state index >= 15 is 0 Å². The lowest BCUT2D eigenvalue weighted by atomic mass is 10.2. The second kappa shape index (κ2) is 9.21. The predicted molar refractivity (Wildman–Crippen MR) is 62.1 cm³/mol. The van der Waals surface area contributed by atoms with Gasteiger partial charge in [-0.2, -0.15) is 0 Å². The van der Waals surface area contributed by atoms with Crippen LogP contribution in [0.15, 0.2) is 24.5 Å². The van der Waals surface area contributed by atoms with Crippen LogP contribution in [0, 0.1) is 0 Å². The van der Waals surface area contributed by atoms with Gasteiger partial charge < -0.3 is 10.4 Å². The molecule has 0 spiro atoms. The van der Waals surface area contributed by atoms with E-state index in [1.54, 1.807) is 12.4 Å². The molecule has 0 aromatic carbocycles. The van der Waals surface area contributed by atoms with Gasteiger partial charge in [-0.1, -0.05) is 0 Å². The van der Waals surface area contributed by atoms with Crippen LogP contribution in [0.1, 0.15) is 12.5 Å². The summed E-state index contributed by atoms with van der Waals surface area (Å²) >= 11 is 0. The lowest BCUT2D eigenvalue weighted by Crippen LogP contribution is -2.28. The number of aliphatic hydroxyl groups is 1. The summed E-state index contributed by atoms with van der Waals surface area (Å²) in [4.78, 5) is 3.92. The molecule has 0 aliphatic heterocycles. The van der Waals surface area contributed by atoms with E-state index in [4.69, 9.17) is 5.11 Å². The average Bonchev–Trinajstić information content (AvgIpc) is 2.16. The summed E-state index contributed by atoms with van der Waals surface area (Å²) in [5, 5.41) is 11.9. The van der Waals surface area contributed by atoms with Crippen LogP contribution >= 0.6 is 24.8 Å². The van der Waals surface area contributed by atoms with E-state index in [9.17, 15) is 0 Å². The Labute approximate surface area is 96.8 Å². The molecular weight excluding hydrogens is 223 g/mol. The van der Waals surface area contributed by atoms with E-state index in [0.717, 1.165) is 6.54 Å². The first kappa shape index (κ1) is 16.1. The Hall–Kier alpha value is -0.350. The molecule has 82 valence electrons. The van der Waals surface area contributed by atoms with Crippen LogP contribution in [0.3, 0.4) is 0 Å².